The number of benzene rings is 1. The molecule has 174 valence electrons. The summed E-state index contributed by atoms with van der Waals surface area (Å²) in [5, 5.41) is 0. The molecule has 2 N–H and O–H groups in total. The Bertz CT molecular complexity index is 1130. The highest BCUT2D eigenvalue weighted by atomic mass is 32.2. The minimum Gasteiger partial charge on any atom is -0.398 e. The molecule has 1 aliphatic rings. The van der Waals surface area contributed by atoms with Crippen LogP contribution in [0, 0.1) is 11.6 Å². The third kappa shape index (κ3) is 4.32. The van der Waals surface area contributed by atoms with E-state index in [0.29, 0.717) is 5.59 Å². The Balaban J connectivity index is 1.91. The quantitative estimate of drug-likeness (QED) is 0.479. The number of carbonyl (C=O) groups excluding carboxylic acids is 1. The number of hydrogen-bond acceptors (Lipinski definition) is 5. The van der Waals surface area contributed by atoms with Crippen molar-refractivity contribution in [1.82, 2.24) is 9.29 Å². The maximum Gasteiger partial charge on any atom is 0.512 e. The van der Waals surface area contributed by atoms with Gasteiger partial charge in [0.25, 0.3) is 0 Å². The second kappa shape index (κ2) is 8.25. The number of aromatic amines is 1. The van der Waals surface area contributed by atoms with Crippen LogP contribution in [-0.4, -0.2) is 55.4 Å². The molecule has 0 aliphatic carbocycles. The summed E-state index contributed by atoms with van der Waals surface area (Å²) in [6.07, 6.45) is 1.29. The van der Waals surface area contributed by atoms with Gasteiger partial charge in [0, 0.05) is 30.9 Å². The van der Waals surface area contributed by atoms with Gasteiger partial charge in [0.2, 0.25) is 5.78 Å². The molecule has 32 heavy (non-hydrogen) atoms. The van der Waals surface area contributed by atoms with Crippen LogP contribution in [0.2, 0.25) is 0 Å². The van der Waals surface area contributed by atoms with Crippen LogP contribution >= 0.6 is 0 Å². The van der Waals surface area contributed by atoms with Crippen LogP contribution < -0.4 is 10.3 Å². The number of anilines is 1. The first-order chi connectivity index (χ1) is 14.7. The molecule has 8 nitrogen and oxygen atoms in total. The third-order valence-electron chi connectivity index (χ3n) is 5.89. The molecule has 0 atom stereocenters. The summed E-state index contributed by atoms with van der Waals surface area (Å²) in [6.45, 7) is 9.21. The van der Waals surface area contributed by atoms with Crippen molar-refractivity contribution in [2.75, 3.05) is 18.3 Å². The van der Waals surface area contributed by atoms with Crippen molar-refractivity contribution in [1.29, 1.82) is 0 Å². The first-order valence-electron chi connectivity index (χ1n) is 10.0. The van der Waals surface area contributed by atoms with Gasteiger partial charge in [-0.2, -0.15) is 12.7 Å². The zero-order valence-corrected chi connectivity index (χ0v) is 19.6. The maximum atomic E-state index is 15.0. The topological polar surface area (TPSA) is 101 Å². The second-order valence-electron chi connectivity index (χ2n) is 8.57. The molecular formula is C20H26BF2N3O5S. The van der Waals surface area contributed by atoms with E-state index in [2.05, 4.69) is 4.98 Å². The van der Waals surface area contributed by atoms with Gasteiger partial charge in [-0.3, -0.25) is 9.52 Å². The van der Waals surface area contributed by atoms with E-state index in [1.807, 2.05) is 32.4 Å². The van der Waals surface area contributed by atoms with Crippen LogP contribution in [-0.2, 0) is 19.5 Å². The summed E-state index contributed by atoms with van der Waals surface area (Å²) in [5.74, 6) is -3.37. The molecule has 1 fully saturated rings. The van der Waals surface area contributed by atoms with Gasteiger partial charge >= 0.3 is 17.3 Å². The monoisotopic (exact) mass is 469 g/mol. The number of hydrogen-bond donors (Lipinski definition) is 2. The Morgan fingerprint density at radius 2 is 1.78 bits per heavy atom. The molecule has 0 spiro atoms. The molecule has 2 aromatic rings. The van der Waals surface area contributed by atoms with Gasteiger partial charge in [-0.15, -0.1) is 0 Å². The van der Waals surface area contributed by atoms with E-state index in [1.54, 1.807) is 6.92 Å². The largest absolute Gasteiger partial charge is 0.512 e. The zero-order valence-electron chi connectivity index (χ0n) is 18.7. The summed E-state index contributed by atoms with van der Waals surface area (Å²) in [6, 6.07) is 3.16. The minimum atomic E-state index is -4.06. The Morgan fingerprint density at radius 3 is 2.34 bits per heavy atom. The lowest BCUT2D eigenvalue weighted by Crippen LogP contribution is -2.41. The average Bonchev–Trinajstić information content (AvgIpc) is 3.26. The fourth-order valence-corrected chi connectivity index (χ4v) is 3.95. The molecule has 0 amide bonds. The van der Waals surface area contributed by atoms with Crippen molar-refractivity contribution in [2.24, 2.45) is 0 Å². The SMILES string of the molecule is CCN(C)S(=O)(=O)Nc1ccc(F)c(C(=O)c2c[nH]c(B3OC(C)(C)C(C)(C)O3)c2)c1F. The molecule has 0 radical (unpaired) electrons. The number of H-pyrrole nitrogens is 1. The predicted molar refractivity (Wildman–Crippen MR) is 117 cm³/mol. The van der Waals surface area contributed by atoms with E-state index in [4.69, 9.17) is 9.31 Å². The van der Waals surface area contributed by atoms with E-state index >= 15 is 4.39 Å². The third-order valence-corrected chi connectivity index (χ3v) is 7.44. The van der Waals surface area contributed by atoms with E-state index in [9.17, 15) is 17.6 Å². The number of nitrogens with zero attached hydrogens (tertiary/aromatic N) is 1. The van der Waals surface area contributed by atoms with Crippen LogP contribution in [0.1, 0.15) is 50.5 Å². The number of rotatable bonds is 7. The van der Waals surface area contributed by atoms with Gasteiger partial charge in [-0.1, -0.05) is 6.92 Å². The fourth-order valence-electron chi connectivity index (χ4n) is 3.02. The van der Waals surface area contributed by atoms with Crippen LogP contribution in [0.25, 0.3) is 0 Å². The number of carbonyl (C=O) groups is 1. The smallest absolute Gasteiger partial charge is 0.398 e. The Kier molecular flexibility index (Phi) is 6.28. The normalized spacial score (nSPS) is 17.7. The van der Waals surface area contributed by atoms with Gasteiger partial charge < -0.3 is 14.3 Å². The van der Waals surface area contributed by atoms with E-state index in [-0.39, 0.29) is 12.1 Å². The van der Waals surface area contributed by atoms with Crippen molar-refractivity contribution >= 4 is 34.4 Å². The lowest BCUT2D eigenvalue weighted by Gasteiger charge is -2.32. The van der Waals surface area contributed by atoms with Crippen LogP contribution in [0.5, 0.6) is 0 Å². The summed E-state index contributed by atoms with van der Waals surface area (Å²) in [7, 11) is -3.56. The minimum absolute atomic E-state index is 0.0294. The van der Waals surface area contributed by atoms with Gasteiger partial charge in [-0.05, 0) is 45.9 Å². The molecule has 1 saturated heterocycles. The maximum absolute atomic E-state index is 15.0. The summed E-state index contributed by atoms with van der Waals surface area (Å²) < 4.78 is 68.7. The highest BCUT2D eigenvalue weighted by molar-refractivity contribution is 7.90. The number of halogens is 2. The van der Waals surface area contributed by atoms with Gasteiger partial charge in [-0.25, -0.2) is 8.78 Å². The van der Waals surface area contributed by atoms with Crippen molar-refractivity contribution < 1.29 is 31.3 Å². The molecule has 12 heteroatoms. The Hall–Kier alpha value is -2.28. The average molecular weight is 469 g/mol. The molecule has 2 heterocycles. The Labute approximate surface area is 186 Å². The van der Waals surface area contributed by atoms with E-state index < -0.39 is 57.2 Å². The molecule has 0 bridgehead atoms. The molecule has 0 saturated carbocycles. The summed E-state index contributed by atoms with van der Waals surface area (Å²) >= 11 is 0. The number of ketones is 1. The first kappa shape index (κ1) is 24.4. The van der Waals surface area contributed by atoms with E-state index in [1.165, 1.54) is 19.3 Å². The second-order valence-corrected chi connectivity index (χ2v) is 10.3. The highest BCUT2D eigenvalue weighted by Gasteiger charge is 2.52. The highest BCUT2D eigenvalue weighted by Crippen LogP contribution is 2.36. The molecule has 1 aromatic carbocycles. The lowest BCUT2D eigenvalue weighted by molar-refractivity contribution is 0.00578. The first-order valence-corrected chi connectivity index (χ1v) is 11.4. The van der Waals surface area contributed by atoms with Crippen LogP contribution in [0.15, 0.2) is 24.4 Å². The standard InChI is InChI=1S/C20H26BF2N3O5S/c1-7-26(6)32(28,29)25-14-9-8-13(22)16(17(14)23)18(27)12-10-15(24-11-12)21-30-19(2,3)20(4,5)31-21/h8-11,24-25H,7H2,1-6H3. The summed E-state index contributed by atoms with van der Waals surface area (Å²) in [4.78, 5) is 15.8. The van der Waals surface area contributed by atoms with Gasteiger partial charge in [0.1, 0.15) is 5.82 Å². The fraction of sp³-hybridized carbons (Fsp3) is 0.450. The molecule has 1 aromatic heterocycles. The van der Waals surface area contributed by atoms with Crippen molar-refractivity contribution in [3.63, 3.8) is 0 Å². The van der Waals surface area contributed by atoms with Gasteiger partial charge in [0.15, 0.2) is 5.82 Å². The van der Waals surface area contributed by atoms with Crippen LogP contribution in [0.3, 0.4) is 0 Å². The Morgan fingerprint density at radius 1 is 1.19 bits per heavy atom. The molecular weight excluding hydrogens is 443 g/mol. The van der Waals surface area contributed by atoms with Crippen molar-refractivity contribution in [2.45, 2.75) is 45.8 Å². The zero-order chi connectivity index (χ0) is 24.1. The number of nitrogens with one attached hydrogen (secondary N) is 2. The van der Waals surface area contributed by atoms with Crippen molar-refractivity contribution in [3.8, 4) is 0 Å². The van der Waals surface area contributed by atoms with E-state index in [0.717, 1.165) is 16.4 Å². The van der Waals surface area contributed by atoms with Gasteiger partial charge in [0.05, 0.1) is 22.5 Å². The lowest BCUT2D eigenvalue weighted by atomic mass is 9.84. The number of aromatic nitrogens is 1. The van der Waals surface area contributed by atoms with Crippen molar-refractivity contribution in [3.05, 3.63) is 47.2 Å². The van der Waals surface area contributed by atoms with Crippen LogP contribution in [0.4, 0.5) is 14.5 Å². The molecule has 0 unspecified atom stereocenters. The summed E-state index contributed by atoms with van der Waals surface area (Å²) in [5.41, 5.74) is -2.24. The molecule has 3 rings (SSSR count). The molecule has 1 aliphatic heterocycles. The predicted octanol–water partition coefficient (Wildman–Crippen LogP) is 2.43.